The van der Waals surface area contributed by atoms with E-state index in [1.165, 1.54) is 25.7 Å². The molecule has 3 heteroatoms. The Hall–Kier alpha value is -0.830. The summed E-state index contributed by atoms with van der Waals surface area (Å²) in [6.45, 7) is 4.47. The second-order valence-electron chi connectivity index (χ2n) is 5.88. The van der Waals surface area contributed by atoms with E-state index in [9.17, 15) is 0 Å². The quantitative estimate of drug-likeness (QED) is 0.845. The largest absolute Gasteiger partial charge is 0.336 e. The third-order valence-electron chi connectivity index (χ3n) is 4.83. The molecule has 4 unspecified atom stereocenters. The van der Waals surface area contributed by atoms with Gasteiger partial charge >= 0.3 is 0 Å². The van der Waals surface area contributed by atoms with Gasteiger partial charge in [0, 0.05) is 31.5 Å². The lowest BCUT2D eigenvalue weighted by atomic mass is 9.84. The second-order valence-corrected chi connectivity index (χ2v) is 5.88. The molecule has 0 amide bonds. The van der Waals surface area contributed by atoms with E-state index in [4.69, 9.17) is 0 Å². The number of imidazole rings is 1. The minimum atomic E-state index is 0.689. The normalized spacial score (nSPS) is 33.1. The SMILES string of the molecule is CC(NCCn1ccnc1)C1CC2CCC1C2. The molecule has 0 radical (unpaired) electrons. The third-order valence-corrected chi connectivity index (χ3v) is 4.83. The van der Waals surface area contributed by atoms with Crippen LogP contribution in [-0.2, 0) is 6.54 Å². The van der Waals surface area contributed by atoms with Crippen molar-refractivity contribution in [1.82, 2.24) is 14.9 Å². The molecule has 0 aromatic carbocycles. The average molecular weight is 233 g/mol. The van der Waals surface area contributed by atoms with Crippen molar-refractivity contribution in [3.05, 3.63) is 18.7 Å². The molecule has 1 N–H and O–H groups in total. The molecule has 1 aromatic rings. The Morgan fingerprint density at radius 3 is 3.00 bits per heavy atom. The molecule has 2 aliphatic rings. The van der Waals surface area contributed by atoms with Crippen LogP contribution in [-0.4, -0.2) is 22.1 Å². The van der Waals surface area contributed by atoms with Gasteiger partial charge in [-0.1, -0.05) is 6.42 Å². The predicted octanol–water partition coefficient (Wildman–Crippen LogP) is 2.30. The topological polar surface area (TPSA) is 29.9 Å². The first-order valence-corrected chi connectivity index (χ1v) is 7.02. The van der Waals surface area contributed by atoms with Crippen LogP contribution >= 0.6 is 0 Å². The first kappa shape index (κ1) is 11.3. The lowest BCUT2D eigenvalue weighted by Crippen LogP contribution is -2.37. The molecule has 2 aliphatic carbocycles. The summed E-state index contributed by atoms with van der Waals surface area (Å²) in [4.78, 5) is 4.06. The maximum atomic E-state index is 4.06. The highest BCUT2D eigenvalue weighted by Crippen LogP contribution is 2.49. The van der Waals surface area contributed by atoms with Gasteiger partial charge < -0.3 is 9.88 Å². The van der Waals surface area contributed by atoms with Gasteiger partial charge in [0.1, 0.15) is 0 Å². The molecule has 3 nitrogen and oxygen atoms in total. The molecule has 3 rings (SSSR count). The van der Waals surface area contributed by atoms with Crippen molar-refractivity contribution in [2.24, 2.45) is 17.8 Å². The van der Waals surface area contributed by atoms with E-state index in [0.717, 1.165) is 30.8 Å². The molecule has 1 heterocycles. The standard InChI is InChI=1S/C14H23N3/c1-11(14-9-12-2-3-13(14)8-12)16-5-7-17-6-4-15-10-17/h4,6,10-14,16H,2-3,5,7-9H2,1H3. The molecule has 1 aromatic heterocycles. The van der Waals surface area contributed by atoms with Crippen LogP contribution in [0.2, 0.25) is 0 Å². The smallest absolute Gasteiger partial charge is 0.0946 e. The predicted molar refractivity (Wildman–Crippen MR) is 68.6 cm³/mol. The van der Waals surface area contributed by atoms with E-state index >= 15 is 0 Å². The lowest BCUT2D eigenvalue weighted by Gasteiger charge is -2.28. The lowest BCUT2D eigenvalue weighted by molar-refractivity contribution is 0.259. The monoisotopic (exact) mass is 233 g/mol. The van der Waals surface area contributed by atoms with Crippen molar-refractivity contribution in [3.63, 3.8) is 0 Å². The molecular weight excluding hydrogens is 210 g/mol. The van der Waals surface area contributed by atoms with Crippen molar-refractivity contribution in [3.8, 4) is 0 Å². The Morgan fingerprint density at radius 2 is 2.35 bits per heavy atom. The number of nitrogens with one attached hydrogen (secondary N) is 1. The molecule has 2 bridgehead atoms. The minimum absolute atomic E-state index is 0.689. The summed E-state index contributed by atoms with van der Waals surface area (Å²) in [5, 5.41) is 3.70. The molecule has 0 aliphatic heterocycles. The van der Waals surface area contributed by atoms with Crippen molar-refractivity contribution >= 4 is 0 Å². The van der Waals surface area contributed by atoms with Crippen LogP contribution in [0.1, 0.15) is 32.6 Å². The Bertz CT molecular complexity index is 346. The fraction of sp³-hybridized carbons (Fsp3) is 0.786. The van der Waals surface area contributed by atoms with Gasteiger partial charge in [0.25, 0.3) is 0 Å². The number of fused-ring (bicyclic) bond motifs is 2. The second kappa shape index (κ2) is 4.81. The number of aromatic nitrogens is 2. The number of rotatable bonds is 5. The van der Waals surface area contributed by atoms with Gasteiger partial charge in [0.2, 0.25) is 0 Å². The van der Waals surface area contributed by atoms with Gasteiger partial charge in [-0.2, -0.15) is 0 Å². The number of hydrogen-bond donors (Lipinski definition) is 1. The molecule has 0 saturated heterocycles. The van der Waals surface area contributed by atoms with Crippen LogP contribution in [0, 0.1) is 17.8 Å². The molecule has 17 heavy (non-hydrogen) atoms. The molecule has 0 spiro atoms. The summed E-state index contributed by atoms with van der Waals surface area (Å²) in [6, 6.07) is 0.689. The maximum Gasteiger partial charge on any atom is 0.0946 e. The Balaban J connectivity index is 1.43. The Labute approximate surface area is 104 Å². The summed E-state index contributed by atoms with van der Waals surface area (Å²) in [6.07, 6.45) is 11.8. The molecule has 2 fully saturated rings. The van der Waals surface area contributed by atoms with Crippen LogP contribution in [0.3, 0.4) is 0 Å². The zero-order chi connectivity index (χ0) is 11.7. The summed E-state index contributed by atoms with van der Waals surface area (Å²) >= 11 is 0. The third kappa shape index (κ3) is 2.39. The highest BCUT2D eigenvalue weighted by molar-refractivity contribution is 4.94. The van der Waals surface area contributed by atoms with Crippen molar-refractivity contribution in [2.75, 3.05) is 6.54 Å². The highest BCUT2D eigenvalue weighted by Gasteiger charge is 2.41. The van der Waals surface area contributed by atoms with Gasteiger partial charge in [-0.3, -0.25) is 0 Å². The van der Waals surface area contributed by atoms with Crippen molar-refractivity contribution in [1.29, 1.82) is 0 Å². The minimum Gasteiger partial charge on any atom is -0.336 e. The van der Waals surface area contributed by atoms with Gasteiger partial charge in [0.05, 0.1) is 6.33 Å². The van der Waals surface area contributed by atoms with Crippen LogP contribution < -0.4 is 5.32 Å². The summed E-state index contributed by atoms with van der Waals surface area (Å²) in [5.74, 6) is 3.02. The molecule has 2 saturated carbocycles. The van der Waals surface area contributed by atoms with E-state index in [2.05, 4.69) is 21.8 Å². The van der Waals surface area contributed by atoms with E-state index in [1.54, 1.807) is 0 Å². The first-order valence-electron chi connectivity index (χ1n) is 7.02. The molecule has 94 valence electrons. The highest BCUT2D eigenvalue weighted by atomic mass is 15.0. The van der Waals surface area contributed by atoms with E-state index < -0.39 is 0 Å². The fourth-order valence-corrected chi connectivity index (χ4v) is 3.90. The summed E-state index contributed by atoms with van der Waals surface area (Å²) < 4.78 is 2.14. The zero-order valence-corrected chi connectivity index (χ0v) is 10.7. The van der Waals surface area contributed by atoms with Crippen LogP contribution in [0.5, 0.6) is 0 Å². The zero-order valence-electron chi connectivity index (χ0n) is 10.7. The van der Waals surface area contributed by atoms with Crippen LogP contribution in [0.4, 0.5) is 0 Å². The van der Waals surface area contributed by atoms with Gasteiger partial charge in [-0.25, -0.2) is 4.98 Å². The van der Waals surface area contributed by atoms with E-state index in [1.807, 2.05) is 18.7 Å². The Kier molecular flexibility index (Phi) is 3.19. The van der Waals surface area contributed by atoms with Crippen LogP contribution in [0.15, 0.2) is 18.7 Å². The molecule has 4 atom stereocenters. The number of hydrogen-bond acceptors (Lipinski definition) is 2. The fourth-order valence-electron chi connectivity index (χ4n) is 3.90. The van der Waals surface area contributed by atoms with E-state index in [-0.39, 0.29) is 0 Å². The summed E-state index contributed by atoms with van der Waals surface area (Å²) in [7, 11) is 0. The van der Waals surface area contributed by atoms with Crippen LogP contribution in [0.25, 0.3) is 0 Å². The first-order chi connectivity index (χ1) is 8.33. The summed E-state index contributed by atoms with van der Waals surface area (Å²) in [5.41, 5.74) is 0. The van der Waals surface area contributed by atoms with Crippen molar-refractivity contribution in [2.45, 2.75) is 45.2 Å². The van der Waals surface area contributed by atoms with Gasteiger partial charge in [-0.05, 0) is 43.9 Å². The maximum absolute atomic E-state index is 4.06. The van der Waals surface area contributed by atoms with E-state index in [0.29, 0.717) is 6.04 Å². The number of nitrogens with zero attached hydrogens (tertiary/aromatic N) is 2. The van der Waals surface area contributed by atoms with Gasteiger partial charge in [0.15, 0.2) is 0 Å². The Morgan fingerprint density at radius 1 is 1.41 bits per heavy atom. The van der Waals surface area contributed by atoms with Crippen molar-refractivity contribution < 1.29 is 0 Å². The molecular formula is C14H23N3. The average Bonchev–Trinajstić information content (AvgIpc) is 3.05. The van der Waals surface area contributed by atoms with Gasteiger partial charge in [-0.15, -0.1) is 0 Å².